The summed E-state index contributed by atoms with van der Waals surface area (Å²) in [7, 11) is 0. The number of hydrogen-bond donors (Lipinski definition) is 3. The summed E-state index contributed by atoms with van der Waals surface area (Å²) in [5, 5.41) is 8.84. The van der Waals surface area contributed by atoms with Crippen LogP contribution in [0.5, 0.6) is 0 Å². The van der Waals surface area contributed by atoms with Gasteiger partial charge in [0.05, 0.1) is 5.69 Å². The van der Waals surface area contributed by atoms with Crippen molar-refractivity contribution in [3.8, 4) is 0 Å². The summed E-state index contributed by atoms with van der Waals surface area (Å²) in [6.07, 6.45) is 0. The predicted molar refractivity (Wildman–Crippen MR) is 100 cm³/mol. The number of carbonyl (C=O) groups excluding carboxylic acids is 1. The summed E-state index contributed by atoms with van der Waals surface area (Å²) < 4.78 is 13.8. The Hall–Kier alpha value is -3.48. The molecular weight excluding hydrogens is 333 g/mol. The molecule has 7 heteroatoms. The monoisotopic (exact) mass is 351 g/mol. The van der Waals surface area contributed by atoms with Gasteiger partial charge in [-0.15, -0.1) is 0 Å². The molecule has 1 amide bonds. The Kier molecular flexibility index (Phi) is 5.07. The van der Waals surface area contributed by atoms with Crippen molar-refractivity contribution in [2.75, 3.05) is 16.0 Å². The highest BCUT2D eigenvalue weighted by atomic mass is 19.1. The Balaban J connectivity index is 1.82. The van der Waals surface area contributed by atoms with Crippen molar-refractivity contribution in [1.82, 2.24) is 9.97 Å². The van der Waals surface area contributed by atoms with Crippen LogP contribution in [0.2, 0.25) is 0 Å². The second kappa shape index (κ2) is 7.60. The summed E-state index contributed by atoms with van der Waals surface area (Å²) in [6, 6.07) is 15.3. The van der Waals surface area contributed by atoms with Crippen molar-refractivity contribution < 1.29 is 9.18 Å². The van der Waals surface area contributed by atoms with Crippen LogP contribution in [0.4, 0.5) is 33.1 Å². The number of nitrogens with zero attached hydrogens (tertiary/aromatic N) is 2. The second-order valence-corrected chi connectivity index (χ2v) is 5.68. The lowest BCUT2D eigenvalue weighted by atomic mass is 10.2. The van der Waals surface area contributed by atoms with Gasteiger partial charge in [0.15, 0.2) is 0 Å². The summed E-state index contributed by atoms with van der Waals surface area (Å²) in [5.41, 5.74) is 1.77. The fourth-order valence-electron chi connectivity index (χ4n) is 2.42. The molecule has 0 atom stereocenters. The van der Waals surface area contributed by atoms with E-state index in [1.54, 1.807) is 43.3 Å². The van der Waals surface area contributed by atoms with Gasteiger partial charge in [-0.3, -0.25) is 4.79 Å². The molecule has 2 aromatic carbocycles. The van der Waals surface area contributed by atoms with Crippen LogP contribution in [-0.2, 0) is 4.79 Å². The van der Waals surface area contributed by atoms with Crippen LogP contribution in [0.3, 0.4) is 0 Å². The van der Waals surface area contributed by atoms with Gasteiger partial charge in [-0.1, -0.05) is 18.2 Å². The maximum Gasteiger partial charge on any atom is 0.221 e. The van der Waals surface area contributed by atoms with Crippen LogP contribution in [0.1, 0.15) is 12.7 Å². The number of anilines is 5. The van der Waals surface area contributed by atoms with Crippen LogP contribution >= 0.6 is 0 Å². The minimum Gasteiger partial charge on any atom is -0.340 e. The van der Waals surface area contributed by atoms with E-state index in [-0.39, 0.29) is 11.7 Å². The number of aryl methyl sites for hydroxylation is 1. The Morgan fingerprint density at radius 2 is 1.62 bits per heavy atom. The van der Waals surface area contributed by atoms with E-state index in [0.717, 1.165) is 5.69 Å². The highest BCUT2D eigenvalue weighted by molar-refractivity contribution is 5.89. The van der Waals surface area contributed by atoms with Gasteiger partial charge in [-0.05, 0) is 37.3 Å². The lowest BCUT2D eigenvalue weighted by Crippen LogP contribution is -2.06. The highest BCUT2D eigenvalue weighted by Gasteiger charge is 2.06. The first kappa shape index (κ1) is 17.3. The summed E-state index contributed by atoms with van der Waals surface area (Å²) >= 11 is 0. The SMILES string of the molecule is CC(=O)Nc1cccc(Nc2cc(Nc3ccccc3F)nc(C)n2)c1. The normalized spacial score (nSPS) is 10.3. The van der Waals surface area contributed by atoms with E-state index < -0.39 is 0 Å². The average molecular weight is 351 g/mol. The third-order valence-corrected chi connectivity index (χ3v) is 3.43. The minimum atomic E-state index is -0.360. The zero-order valence-electron chi connectivity index (χ0n) is 14.4. The standard InChI is InChI=1S/C19H18FN5O/c1-12-21-18(24-15-7-5-6-14(10-15)23-13(2)26)11-19(22-12)25-17-9-4-3-8-16(17)20/h3-11H,1-2H3,(H,23,26)(H2,21,22,24,25). The number of para-hydroxylation sites is 1. The first-order chi connectivity index (χ1) is 12.5. The van der Waals surface area contributed by atoms with E-state index in [1.807, 2.05) is 12.1 Å². The molecule has 0 aliphatic carbocycles. The Labute approximate surface area is 150 Å². The molecule has 1 heterocycles. The lowest BCUT2D eigenvalue weighted by molar-refractivity contribution is -0.114. The first-order valence-electron chi connectivity index (χ1n) is 8.01. The molecule has 26 heavy (non-hydrogen) atoms. The molecule has 0 bridgehead atoms. The van der Waals surface area contributed by atoms with E-state index in [2.05, 4.69) is 25.9 Å². The van der Waals surface area contributed by atoms with Gasteiger partial charge < -0.3 is 16.0 Å². The molecule has 0 unspecified atom stereocenters. The molecular formula is C19H18FN5O. The highest BCUT2D eigenvalue weighted by Crippen LogP contribution is 2.23. The first-order valence-corrected chi connectivity index (χ1v) is 8.01. The van der Waals surface area contributed by atoms with Crippen molar-refractivity contribution in [1.29, 1.82) is 0 Å². The summed E-state index contributed by atoms with van der Waals surface area (Å²) in [6.45, 7) is 3.21. The van der Waals surface area contributed by atoms with Crippen molar-refractivity contribution in [3.63, 3.8) is 0 Å². The molecule has 0 fully saturated rings. The molecule has 0 saturated carbocycles. The van der Waals surface area contributed by atoms with Crippen LogP contribution in [-0.4, -0.2) is 15.9 Å². The molecule has 0 aliphatic heterocycles. The van der Waals surface area contributed by atoms with E-state index in [0.29, 0.717) is 28.8 Å². The van der Waals surface area contributed by atoms with Crippen molar-refractivity contribution >= 4 is 34.6 Å². The zero-order valence-corrected chi connectivity index (χ0v) is 14.4. The van der Waals surface area contributed by atoms with Gasteiger partial charge >= 0.3 is 0 Å². The van der Waals surface area contributed by atoms with Gasteiger partial charge in [0.1, 0.15) is 23.3 Å². The van der Waals surface area contributed by atoms with Crippen molar-refractivity contribution in [2.45, 2.75) is 13.8 Å². The molecule has 0 spiro atoms. The number of benzene rings is 2. The molecule has 6 nitrogen and oxygen atoms in total. The van der Waals surface area contributed by atoms with Gasteiger partial charge in [0, 0.05) is 24.4 Å². The molecule has 0 aliphatic rings. The number of rotatable bonds is 5. The number of carbonyl (C=O) groups is 1. The predicted octanol–water partition coefficient (Wildman–Crippen LogP) is 4.37. The minimum absolute atomic E-state index is 0.142. The van der Waals surface area contributed by atoms with Crippen molar-refractivity contribution in [2.24, 2.45) is 0 Å². The Bertz CT molecular complexity index is 945. The van der Waals surface area contributed by atoms with Gasteiger partial charge in [-0.25, -0.2) is 14.4 Å². The number of hydrogen-bond acceptors (Lipinski definition) is 5. The van der Waals surface area contributed by atoms with E-state index in [1.165, 1.54) is 13.0 Å². The molecule has 3 rings (SSSR count). The van der Waals surface area contributed by atoms with Crippen LogP contribution in [0.25, 0.3) is 0 Å². The molecule has 0 radical (unpaired) electrons. The fraction of sp³-hybridized carbons (Fsp3) is 0.105. The second-order valence-electron chi connectivity index (χ2n) is 5.68. The maximum absolute atomic E-state index is 13.8. The van der Waals surface area contributed by atoms with Gasteiger partial charge in [0.25, 0.3) is 0 Å². The number of nitrogens with one attached hydrogen (secondary N) is 3. The van der Waals surface area contributed by atoms with Crippen LogP contribution < -0.4 is 16.0 Å². The third kappa shape index (κ3) is 4.54. The third-order valence-electron chi connectivity index (χ3n) is 3.43. The number of halogens is 1. The number of amides is 1. The largest absolute Gasteiger partial charge is 0.340 e. The Morgan fingerprint density at radius 3 is 2.35 bits per heavy atom. The van der Waals surface area contributed by atoms with E-state index in [4.69, 9.17) is 0 Å². The average Bonchev–Trinajstić information content (AvgIpc) is 2.56. The molecule has 3 aromatic rings. The summed E-state index contributed by atoms with van der Waals surface area (Å²) in [4.78, 5) is 19.8. The van der Waals surface area contributed by atoms with Crippen LogP contribution in [0, 0.1) is 12.7 Å². The van der Waals surface area contributed by atoms with Gasteiger partial charge in [0.2, 0.25) is 5.91 Å². The number of aromatic nitrogens is 2. The van der Waals surface area contributed by atoms with Crippen LogP contribution in [0.15, 0.2) is 54.6 Å². The Morgan fingerprint density at radius 1 is 0.923 bits per heavy atom. The molecule has 0 saturated heterocycles. The lowest BCUT2D eigenvalue weighted by Gasteiger charge is -2.11. The maximum atomic E-state index is 13.8. The quantitative estimate of drug-likeness (QED) is 0.636. The van der Waals surface area contributed by atoms with E-state index >= 15 is 0 Å². The smallest absolute Gasteiger partial charge is 0.221 e. The molecule has 3 N–H and O–H groups in total. The zero-order chi connectivity index (χ0) is 18.5. The molecule has 132 valence electrons. The molecule has 1 aromatic heterocycles. The summed E-state index contributed by atoms with van der Waals surface area (Å²) in [5.74, 6) is 1.06. The van der Waals surface area contributed by atoms with Crippen molar-refractivity contribution in [3.05, 3.63) is 66.2 Å². The fourth-order valence-corrected chi connectivity index (χ4v) is 2.42. The topological polar surface area (TPSA) is 78.9 Å². The van der Waals surface area contributed by atoms with Gasteiger partial charge in [-0.2, -0.15) is 0 Å². The van der Waals surface area contributed by atoms with E-state index in [9.17, 15) is 9.18 Å².